The number of carbonyl (C=O) groups is 2. The van der Waals surface area contributed by atoms with Crippen LogP contribution in [-0.4, -0.2) is 58.2 Å². The Hall–Kier alpha value is -2.55. The number of ether oxygens (including phenoxy) is 3. The van der Waals surface area contributed by atoms with Gasteiger partial charge >= 0.3 is 5.97 Å². The average molecular weight is 397 g/mol. The molecule has 0 aliphatic carbocycles. The molecule has 148 valence electrons. The van der Waals surface area contributed by atoms with Crippen molar-refractivity contribution in [3.8, 4) is 11.5 Å². The van der Waals surface area contributed by atoms with Crippen LogP contribution in [0.5, 0.6) is 11.5 Å². The lowest BCUT2D eigenvalue weighted by Gasteiger charge is -2.13. The van der Waals surface area contributed by atoms with E-state index in [9.17, 15) is 18.0 Å². The maximum atomic E-state index is 11.8. The molecule has 1 aromatic rings. The first-order valence-corrected chi connectivity index (χ1v) is 10.2. The van der Waals surface area contributed by atoms with Gasteiger partial charge in [0, 0.05) is 6.04 Å². The van der Waals surface area contributed by atoms with E-state index >= 15 is 0 Å². The molecule has 1 saturated heterocycles. The molecule has 2 rings (SSSR count). The second-order valence-corrected chi connectivity index (χ2v) is 8.32. The van der Waals surface area contributed by atoms with Crippen LogP contribution in [0.1, 0.15) is 12.0 Å². The lowest BCUT2D eigenvalue weighted by atomic mass is 10.1. The van der Waals surface area contributed by atoms with Crippen molar-refractivity contribution in [2.45, 2.75) is 18.9 Å². The van der Waals surface area contributed by atoms with Crippen molar-refractivity contribution >= 4 is 21.7 Å². The normalized spacial score (nSPS) is 17.7. The summed E-state index contributed by atoms with van der Waals surface area (Å²) >= 11 is 0. The Bertz CT molecular complexity index is 804. The third-order valence-corrected chi connectivity index (χ3v) is 5.68. The molecule has 0 aromatic heterocycles. The first kappa shape index (κ1) is 20.8. The Morgan fingerprint density at radius 1 is 1.30 bits per heavy atom. The van der Waals surface area contributed by atoms with Crippen molar-refractivity contribution in [3.63, 3.8) is 0 Å². The Kier molecular flexibility index (Phi) is 7.23. The summed E-state index contributed by atoms with van der Waals surface area (Å²) < 4.78 is 38.2. The fraction of sp³-hybridized carbons (Fsp3) is 0.444. The summed E-state index contributed by atoms with van der Waals surface area (Å²) in [4.78, 5) is 23.5. The van der Waals surface area contributed by atoms with E-state index in [2.05, 4.69) is 11.9 Å². The zero-order chi connectivity index (χ0) is 19.9. The van der Waals surface area contributed by atoms with Crippen LogP contribution in [0.2, 0.25) is 0 Å². The Labute approximate surface area is 158 Å². The highest BCUT2D eigenvalue weighted by molar-refractivity contribution is 7.91. The molecule has 1 aromatic carbocycles. The molecule has 9 heteroatoms. The highest BCUT2D eigenvalue weighted by Crippen LogP contribution is 2.28. The van der Waals surface area contributed by atoms with Crippen LogP contribution in [0.3, 0.4) is 0 Å². The molecule has 0 spiro atoms. The molecule has 0 saturated carbocycles. The molecule has 0 unspecified atom stereocenters. The van der Waals surface area contributed by atoms with Gasteiger partial charge < -0.3 is 19.5 Å². The second-order valence-electron chi connectivity index (χ2n) is 6.09. The summed E-state index contributed by atoms with van der Waals surface area (Å²) in [6.45, 7) is 2.79. The molecular weight excluding hydrogens is 374 g/mol. The van der Waals surface area contributed by atoms with Crippen LogP contribution < -0.4 is 14.8 Å². The predicted octanol–water partition coefficient (Wildman–Crippen LogP) is 0.649. The smallest absolute Gasteiger partial charge is 0.344 e. The minimum Gasteiger partial charge on any atom is -0.493 e. The SMILES string of the molecule is C=CCc1ccc(OCC(=O)OCC(=O)N[C@@H]2CCS(=O)(=O)C2)c(OC)c1. The summed E-state index contributed by atoms with van der Waals surface area (Å²) in [7, 11) is -1.59. The van der Waals surface area contributed by atoms with E-state index in [1.165, 1.54) is 7.11 Å². The van der Waals surface area contributed by atoms with Gasteiger partial charge in [0.1, 0.15) is 0 Å². The summed E-state index contributed by atoms with van der Waals surface area (Å²) in [5.74, 6) is -0.445. The summed E-state index contributed by atoms with van der Waals surface area (Å²) in [6.07, 6.45) is 2.81. The number of rotatable bonds is 9. The molecule has 1 fully saturated rings. The zero-order valence-electron chi connectivity index (χ0n) is 15.1. The topological polar surface area (TPSA) is 108 Å². The van der Waals surface area contributed by atoms with Crippen LogP contribution in [-0.2, 0) is 30.6 Å². The molecule has 8 nitrogen and oxygen atoms in total. The van der Waals surface area contributed by atoms with Crippen molar-refractivity contribution in [1.29, 1.82) is 0 Å². The lowest BCUT2D eigenvalue weighted by Crippen LogP contribution is -2.38. The van der Waals surface area contributed by atoms with Gasteiger partial charge in [0.15, 0.2) is 34.6 Å². The van der Waals surface area contributed by atoms with Crippen LogP contribution in [0, 0.1) is 0 Å². The molecule has 0 radical (unpaired) electrons. The second kappa shape index (κ2) is 9.40. The molecule has 1 amide bonds. The van der Waals surface area contributed by atoms with E-state index in [1.807, 2.05) is 6.07 Å². The number of carbonyl (C=O) groups excluding carboxylic acids is 2. The van der Waals surface area contributed by atoms with Crippen LogP contribution in [0.15, 0.2) is 30.9 Å². The number of amides is 1. The van der Waals surface area contributed by atoms with Crippen molar-refractivity contribution in [1.82, 2.24) is 5.32 Å². The van der Waals surface area contributed by atoms with Gasteiger partial charge in [0.25, 0.3) is 5.91 Å². The van der Waals surface area contributed by atoms with E-state index in [4.69, 9.17) is 14.2 Å². The molecule has 1 atom stereocenters. The van der Waals surface area contributed by atoms with Crippen molar-refractivity contribution in [2.75, 3.05) is 31.8 Å². The summed E-state index contributed by atoms with van der Waals surface area (Å²) in [5.41, 5.74) is 0.988. The van der Waals surface area contributed by atoms with Gasteiger partial charge in [-0.25, -0.2) is 13.2 Å². The number of hydrogen-bond acceptors (Lipinski definition) is 7. The monoisotopic (exact) mass is 397 g/mol. The van der Waals surface area contributed by atoms with Crippen molar-refractivity contribution in [3.05, 3.63) is 36.4 Å². The molecular formula is C18H23NO7S. The van der Waals surface area contributed by atoms with Crippen LogP contribution in [0.4, 0.5) is 0 Å². The molecule has 1 N–H and O–H groups in total. The Balaban J connectivity index is 1.76. The highest BCUT2D eigenvalue weighted by atomic mass is 32.2. The fourth-order valence-electron chi connectivity index (χ4n) is 2.63. The molecule has 0 bridgehead atoms. The van der Waals surface area contributed by atoms with E-state index in [1.54, 1.807) is 18.2 Å². The number of nitrogens with one attached hydrogen (secondary N) is 1. The van der Waals surface area contributed by atoms with Gasteiger partial charge in [-0.05, 0) is 30.5 Å². The average Bonchev–Trinajstić information content (AvgIpc) is 2.97. The van der Waals surface area contributed by atoms with Gasteiger partial charge in [0.2, 0.25) is 0 Å². The number of benzene rings is 1. The minimum absolute atomic E-state index is 0.0546. The highest BCUT2D eigenvalue weighted by Gasteiger charge is 2.29. The molecule has 1 heterocycles. The third-order valence-electron chi connectivity index (χ3n) is 3.92. The van der Waals surface area contributed by atoms with Gasteiger partial charge in [-0.1, -0.05) is 12.1 Å². The number of esters is 1. The number of allylic oxidation sites excluding steroid dienone is 1. The standard InChI is InChI=1S/C18H23NO7S/c1-3-4-13-5-6-15(16(9-13)24-2)25-11-18(21)26-10-17(20)19-14-7-8-27(22,23)12-14/h3,5-6,9,14H,1,4,7-8,10-12H2,2H3,(H,19,20)/t14-/m1/s1. The quantitative estimate of drug-likeness (QED) is 0.481. The Morgan fingerprint density at radius 2 is 2.07 bits per heavy atom. The lowest BCUT2D eigenvalue weighted by molar-refractivity contribution is -0.150. The molecule has 1 aliphatic rings. The van der Waals surface area contributed by atoms with Crippen LogP contribution >= 0.6 is 0 Å². The molecule has 1 aliphatic heterocycles. The van der Waals surface area contributed by atoms with E-state index in [-0.39, 0.29) is 18.1 Å². The van der Waals surface area contributed by atoms with E-state index in [0.29, 0.717) is 24.3 Å². The maximum Gasteiger partial charge on any atom is 0.344 e. The zero-order valence-corrected chi connectivity index (χ0v) is 15.9. The number of hydrogen-bond donors (Lipinski definition) is 1. The number of sulfone groups is 1. The Morgan fingerprint density at radius 3 is 2.70 bits per heavy atom. The van der Waals surface area contributed by atoms with E-state index in [0.717, 1.165) is 5.56 Å². The molecule has 27 heavy (non-hydrogen) atoms. The first-order chi connectivity index (χ1) is 12.8. The van der Waals surface area contributed by atoms with Crippen molar-refractivity contribution in [2.24, 2.45) is 0 Å². The fourth-order valence-corrected chi connectivity index (χ4v) is 4.30. The minimum atomic E-state index is -3.08. The van der Waals surface area contributed by atoms with E-state index < -0.39 is 34.4 Å². The van der Waals surface area contributed by atoms with Gasteiger partial charge in [0.05, 0.1) is 18.6 Å². The van der Waals surface area contributed by atoms with Crippen LogP contribution in [0.25, 0.3) is 0 Å². The predicted molar refractivity (Wildman–Crippen MR) is 98.6 cm³/mol. The number of methoxy groups -OCH3 is 1. The first-order valence-electron chi connectivity index (χ1n) is 8.39. The third kappa shape index (κ3) is 6.59. The largest absolute Gasteiger partial charge is 0.493 e. The van der Waals surface area contributed by atoms with Gasteiger partial charge in [-0.2, -0.15) is 0 Å². The maximum absolute atomic E-state index is 11.8. The summed E-state index contributed by atoms with van der Waals surface area (Å²) in [6, 6.07) is 4.85. The summed E-state index contributed by atoms with van der Waals surface area (Å²) in [5, 5.41) is 2.54. The van der Waals surface area contributed by atoms with Crippen molar-refractivity contribution < 1.29 is 32.2 Å². The van der Waals surface area contributed by atoms with Gasteiger partial charge in [-0.3, -0.25) is 4.79 Å². The van der Waals surface area contributed by atoms with Gasteiger partial charge in [-0.15, -0.1) is 6.58 Å².